The predicted octanol–water partition coefficient (Wildman–Crippen LogP) is 1.37. The van der Waals surface area contributed by atoms with E-state index >= 15 is 0 Å². The smallest absolute Gasteiger partial charge is 0.239 e. The number of carbonyl (C=O) groups is 2. The molecule has 1 atom stereocenters. The number of hydrogen-bond donors (Lipinski definition) is 1. The van der Waals surface area contributed by atoms with E-state index in [4.69, 9.17) is 11.6 Å². The lowest BCUT2D eigenvalue weighted by molar-refractivity contribution is -0.134. The quantitative estimate of drug-likeness (QED) is 0.869. The van der Waals surface area contributed by atoms with E-state index in [-0.39, 0.29) is 17.9 Å². The van der Waals surface area contributed by atoms with Crippen LogP contribution >= 0.6 is 11.6 Å². The van der Waals surface area contributed by atoms with Crippen LogP contribution in [-0.4, -0.2) is 79.4 Å². The Bertz CT molecular complexity index is 586. The van der Waals surface area contributed by atoms with E-state index in [9.17, 15) is 9.59 Å². The molecule has 1 saturated heterocycles. The number of halogens is 1. The van der Waals surface area contributed by atoms with Gasteiger partial charge in [-0.3, -0.25) is 19.4 Å². The molecule has 0 aromatic heterocycles. The van der Waals surface area contributed by atoms with Crippen molar-refractivity contribution >= 4 is 29.1 Å². The summed E-state index contributed by atoms with van der Waals surface area (Å²) in [6.45, 7) is 5.35. The van der Waals surface area contributed by atoms with Gasteiger partial charge in [-0.05, 0) is 19.1 Å². The molecule has 1 heterocycles. The van der Waals surface area contributed by atoms with Crippen LogP contribution in [0.4, 0.5) is 5.69 Å². The summed E-state index contributed by atoms with van der Waals surface area (Å²) >= 11 is 6.05. The number of nitrogens with zero attached hydrogens (tertiary/aromatic N) is 3. The van der Waals surface area contributed by atoms with Gasteiger partial charge >= 0.3 is 0 Å². The first-order chi connectivity index (χ1) is 11.4. The van der Waals surface area contributed by atoms with Crippen molar-refractivity contribution in [2.45, 2.75) is 13.0 Å². The zero-order chi connectivity index (χ0) is 17.7. The van der Waals surface area contributed by atoms with Crippen LogP contribution in [0.15, 0.2) is 24.3 Å². The highest BCUT2D eigenvalue weighted by molar-refractivity contribution is 6.33. The monoisotopic (exact) mass is 352 g/mol. The van der Waals surface area contributed by atoms with E-state index in [1.165, 1.54) is 0 Å². The highest BCUT2D eigenvalue weighted by Crippen LogP contribution is 2.20. The number of amides is 2. The van der Waals surface area contributed by atoms with Crippen molar-refractivity contribution in [2.75, 3.05) is 52.1 Å². The van der Waals surface area contributed by atoms with Crippen LogP contribution in [0.1, 0.15) is 6.92 Å². The maximum atomic E-state index is 12.2. The molecule has 0 bridgehead atoms. The fourth-order valence-corrected chi connectivity index (χ4v) is 2.98. The third-order valence-electron chi connectivity index (χ3n) is 4.27. The topological polar surface area (TPSA) is 55.9 Å². The molecular weight excluding hydrogens is 328 g/mol. The Morgan fingerprint density at radius 3 is 2.42 bits per heavy atom. The second-order valence-corrected chi connectivity index (χ2v) is 6.66. The molecule has 1 aromatic rings. The van der Waals surface area contributed by atoms with Crippen LogP contribution in [0.2, 0.25) is 5.02 Å². The standard InChI is InChI=1S/C17H25ClN4O2/c1-13(17(24)20(2)3)22-10-8-21(9-11-22)12-16(23)19-15-7-5-4-6-14(15)18/h4-7,13H,8-12H2,1-3H3,(H,19,23). The van der Waals surface area contributed by atoms with Crippen LogP contribution < -0.4 is 5.32 Å². The second kappa shape index (κ2) is 8.46. The molecule has 1 aliphatic heterocycles. The lowest BCUT2D eigenvalue weighted by Crippen LogP contribution is -2.54. The van der Waals surface area contributed by atoms with Gasteiger partial charge < -0.3 is 10.2 Å². The number of carbonyl (C=O) groups excluding carboxylic acids is 2. The van der Waals surface area contributed by atoms with Gasteiger partial charge in [0, 0.05) is 40.3 Å². The Kier molecular flexibility index (Phi) is 6.60. The largest absolute Gasteiger partial charge is 0.347 e. The first-order valence-electron chi connectivity index (χ1n) is 8.10. The van der Waals surface area contributed by atoms with Crippen molar-refractivity contribution in [1.29, 1.82) is 0 Å². The van der Waals surface area contributed by atoms with E-state index < -0.39 is 0 Å². The number of nitrogens with one attached hydrogen (secondary N) is 1. The molecule has 24 heavy (non-hydrogen) atoms. The zero-order valence-electron chi connectivity index (χ0n) is 14.5. The molecule has 0 aliphatic carbocycles. The molecule has 7 heteroatoms. The molecule has 0 radical (unpaired) electrons. The SMILES string of the molecule is CC(C(=O)N(C)C)N1CCN(CC(=O)Nc2ccccc2Cl)CC1. The Morgan fingerprint density at radius 1 is 1.21 bits per heavy atom. The van der Waals surface area contributed by atoms with Crippen LogP contribution in [0, 0.1) is 0 Å². The summed E-state index contributed by atoms with van der Waals surface area (Å²) in [6, 6.07) is 7.07. The second-order valence-electron chi connectivity index (χ2n) is 6.25. The molecule has 2 rings (SSSR count). The van der Waals surface area contributed by atoms with Gasteiger partial charge in [0.25, 0.3) is 0 Å². The number of likely N-dealkylation sites (N-methyl/N-ethyl adjacent to an activating group) is 1. The Labute approximate surface area is 148 Å². The van der Waals surface area contributed by atoms with Gasteiger partial charge in [-0.15, -0.1) is 0 Å². The van der Waals surface area contributed by atoms with E-state index in [0.717, 1.165) is 26.2 Å². The van der Waals surface area contributed by atoms with E-state index in [2.05, 4.69) is 15.1 Å². The van der Waals surface area contributed by atoms with Crippen molar-refractivity contribution in [3.8, 4) is 0 Å². The summed E-state index contributed by atoms with van der Waals surface area (Å²) in [7, 11) is 3.54. The summed E-state index contributed by atoms with van der Waals surface area (Å²) in [5.41, 5.74) is 0.632. The predicted molar refractivity (Wildman–Crippen MR) is 96.3 cm³/mol. The maximum Gasteiger partial charge on any atom is 0.239 e. The lowest BCUT2D eigenvalue weighted by atomic mass is 10.2. The minimum atomic E-state index is -0.126. The molecule has 0 spiro atoms. The molecule has 1 aromatic carbocycles. The fourth-order valence-electron chi connectivity index (χ4n) is 2.79. The van der Waals surface area contributed by atoms with Crippen molar-refractivity contribution in [2.24, 2.45) is 0 Å². The van der Waals surface area contributed by atoms with Gasteiger partial charge in [0.15, 0.2) is 0 Å². The van der Waals surface area contributed by atoms with Crippen molar-refractivity contribution < 1.29 is 9.59 Å². The summed E-state index contributed by atoms with van der Waals surface area (Å²) in [5.74, 6) is 0.0360. The minimum absolute atomic E-state index is 0.0750. The average molecular weight is 353 g/mol. The molecular formula is C17H25ClN4O2. The first-order valence-corrected chi connectivity index (χ1v) is 8.48. The third-order valence-corrected chi connectivity index (χ3v) is 4.60. The van der Waals surface area contributed by atoms with Gasteiger partial charge in [-0.25, -0.2) is 0 Å². The number of hydrogen-bond acceptors (Lipinski definition) is 4. The third kappa shape index (κ3) is 4.93. The maximum absolute atomic E-state index is 12.2. The Hall–Kier alpha value is -1.63. The van der Waals surface area contributed by atoms with Crippen LogP contribution in [0.25, 0.3) is 0 Å². The molecule has 2 amide bonds. The molecule has 1 N–H and O–H groups in total. The number of anilines is 1. The van der Waals surface area contributed by atoms with Crippen LogP contribution in [0.3, 0.4) is 0 Å². The highest BCUT2D eigenvalue weighted by Gasteiger charge is 2.27. The van der Waals surface area contributed by atoms with Gasteiger partial charge in [0.05, 0.1) is 23.3 Å². The van der Waals surface area contributed by atoms with Crippen molar-refractivity contribution in [1.82, 2.24) is 14.7 Å². The first kappa shape index (κ1) is 18.7. The summed E-state index contributed by atoms with van der Waals surface area (Å²) < 4.78 is 0. The summed E-state index contributed by atoms with van der Waals surface area (Å²) in [5, 5.41) is 3.37. The Balaban J connectivity index is 1.79. The normalized spacial score (nSPS) is 17.3. The lowest BCUT2D eigenvalue weighted by Gasteiger charge is -2.37. The number of piperazine rings is 1. The summed E-state index contributed by atoms with van der Waals surface area (Å²) in [6.07, 6.45) is 0. The molecule has 1 aliphatic rings. The Morgan fingerprint density at radius 2 is 1.83 bits per heavy atom. The van der Waals surface area contributed by atoms with Gasteiger partial charge in [-0.2, -0.15) is 0 Å². The summed E-state index contributed by atoms with van der Waals surface area (Å²) in [4.78, 5) is 30.1. The fraction of sp³-hybridized carbons (Fsp3) is 0.529. The highest BCUT2D eigenvalue weighted by atomic mass is 35.5. The molecule has 6 nitrogen and oxygen atoms in total. The van der Waals surface area contributed by atoms with Crippen LogP contribution in [0.5, 0.6) is 0 Å². The number of rotatable bonds is 5. The van der Waals surface area contributed by atoms with E-state index in [1.54, 1.807) is 31.1 Å². The van der Waals surface area contributed by atoms with E-state index in [0.29, 0.717) is 17.3 Å². The van der Waals surface area contributed by atoms with Gasteiger partial charge in [0.2, 0.25) is 11.8 Å². The van der Waals surface area contributed by atoms with Crippen molar-refractivity contribution in [3.05, 3.63) is 29.3 Å². The van der Waals surface area contributed by atoms with Crippen LogP contribution in [-0.2, 0) is 9.59 Å². The molecule has 132 valence electrons. The number of benzene rings is 1. The van der Waals surface area contributed by atoms with Gasteiger partial charge in [0.1, 0.15) is 0 Å². The molecule has 1 unspecified atom stereocenters. The molecule has 0 saturated carbocycles. The number of para-hydroxylation sites is 1. The van der Waals surface area contributed by atoms with Crippen molar-refractivity contribution in [3.63, 3.8) is 0 Å². The molecule has 1 fully saturated rings. The van der Waals surface area contributed by atoms with Gasteiger partial charge in [-0.1, -0.05) is 23.7 Å². The average Bonchev–Trinajstić information content (AvgIpc) is 2.56. The van der Waals surface area contributed by atoms with E-state index in [1.807, 2.05) is 19.1 Å². The minimum Gasteiger partial charge on any atom is -0.347 e. The zero-order valence-corrected chi connectivity index (χ0v) is 15.2.